The predicted molar refractivity (Wildman–Crippen MR) is 76.6 cm³/mol. The molecule has 3 rings (SSSR count). The summed E-state index contributed by atoms with van der Waals surface area (Å²) in [5, 5.41) is 8.80. The maximum absolute atomic E-state index is 14.3. The van der Waals surface area contributed by atoms with E-state index in [1.165, 1.54) is 0 Å². The third-order valence-electron chi connectivity index (χ3n) is 4.27. The number of hydrogen-bond acceptors (Lipinski definition) is 4. The fourth-order valence-corrected chi connectivity index (χ4v) is 3.35. The Balaban J connectivity index is 1.92. The van der Waals surface area contributed by atoms with Gasteiger partial charge in [-0.2, -0.15) is 5.26 Å². The van der Waals surface area contributed by atoms with Gasteiger partial charge in [-0.3, -0.25) is 0 Å². The van der Waals surface area contributed by atoms with E-state index in [1.54, 1.807) is 11.0 Å². The number of ether oxygens (including phenoxy) is 2. The van der Waals surface area contributed by atoms with Crippen molar-refractivity contribution < 1.29 is 18.3 Å². The summed E-state index contributed by atoms with van der Waals surface area (Å²) in [4.78, 5) is 1.70. The molecule has 0 aliphatic carbocycles. The number of nitrogens with zero attached hydrogens (tertiary/aromatic N) is 2. The van der Waals surface area contributed by atoms with Gasteiger partial charge in [0, 0.05) is 39.1 Å². The Kier molecular flexibility index (Phi) is 4.02. The van der Waals surface area contributed by atoms with Gasteiger partial charge in [-0.1, -0.05) is 0 Å². The number of anilines is 1. The van der Waals surface area contributed by atoms with Crippen LogP contribution in [0, 0.1) is 23.0 Å². The van der Waals surface area contributed by atoms with Crippen molar-refractivity contribution in [2.24, 2.45) is 0 Å². The van der Waals surface area contributed by atoms with Crippen LogP contribution in [0.4, 0.5) is 14.5 Å². The van der Waals surface area contributed by atoms with Crippen molar-refractivity contribution in [1.29, 1.82) is 5.26 Å². The van der Waals surface area contributed by atoms with Crippen LogP contribution in [-0.2, 0) is 9.47 Å². The van der Waals surface area contributed by atoms with Crippen LogP contribution in [0.1, 0.15) is 25.3 Å². The third-order valence-corrected chi connectivity index (χ3v) is 4.27. The highest BCUT2D eigenvalue weighted by atomic mass is 19.1. The Morgan fingerprint density at radius 3 is 2.50 bits per heavy atom. The highest BCUT2D eigenvalue weighted by molar-refractivity contribution is 5.53. The molecule has 1 aromatic rings. The first-order valence-electron chi connectivity index (χ1n) is 7.43. The summed E-state index contributed by atoms with van der Waals surface area (Å²) in [5.74, 6) is -1.40. The monoisotopic (exact) mass is 308 g/mol. The average molecular weight is 308 g/mol. The van der Waals surface area contributed by atoms with Crippen LogP contribution in [0.3, 0.4) is 0 Å². The van der Waals surface area contributed by atoms with Crippen molar-refractivity contribution in [3.63, 3.8) is 0 Å². The number of hydrogen-bond donors (Lipinski definition) is 0. The van der Waals surface area contributed by atoms with Gasteiger partial charge in [0.25, 0.3) is 0 Å². The second-order valence-corrected chi connectivity index (χ2v) is 6.00. The first-order valence-corrected chi connectivity index (χ1v) is 7.43. The van der Waals surface area contributed by atoms with Gasteiger partial charge in [-0.15, -0.1) is 0 Å². The van der Waals surface area contributed by atoms with Gasteiger partial charge in [-0.25, -0.2) is 8.78 Å². The zero-order valence-electron chi connectivity index (χ0n) is 12.4. The summed E-state index contributed by atoms with van der Waals surface area (Å²) in [6.07, 6.45) is 1.31. The SMILES string of the molecule is C[C@H]1CN(c2c(F)cc(C#N)cc2F)CC2(CCOCC2)O1. The van der Waals surface area contributed by atoms with Gasteiger partial charge in [-0.05, 0) is 19.1 Å². The Hall–Kier alpha value is -1.71. The van der Waals surface area contributed by atoms with Crippen molar-refractivity contribution in [2.75, 3.05) is 31.2 Å². The standard InChI is InChI=1S/C16H18F2N2O2/c1-11-9-20(10-16(22-11)2-4-21-5-3-16)15-13(17)6-12(8-19)7-14(15)18/h6-7,11H,2-5,9-10H2,1H3/t11-/m0/s1. The molecule has 2 saturated heterocycles. The number of morpholine rings is 1. The van der Waals surface area contributed by atoms with Crippen molar-refractivity contribution in [1.82, 2.24) is 0 Å². The van der Waals surface area contributed by atoms with Crippen LogP contribution < -0.4 is 4.90 Å². The summed E-state index contributed by atoms with van der Waals surface area (Å²) < 4.78 is 40.0. The van der Waals surface area contributed by atoms with Gasteiger partial charge in [0.15, 0.2) is 11.6 Å². The average Bonchev–Trinajstić information content (AvgIpc) is 2.46. The fourth-order valence-electron chi connectivity index (χ4n) is 3.35. The lowest BCUT2D eigenvalue weighted by molar-refractivity contribution is -0.145. The fraction of sp³-hybridized carbons (Fsp3) is 0.562. The Morgan fingerprint density at radius 1 is 1.27 bits per heavy atom. The van der Waals surface area contributed by atoms with E-state index in [1.807, 2.05) is 6.92 Å². The minimum absolute atomic E-state index is 0.0131. The van der Waals surface area contributed by atoms with Crippen LogP contribution in [0.2, 0.25) is 0 Å². The number of halogens is 2. The first kappa shape index (κ1) is 15.2. The third kappa shape index (κ3) is 2.79. The van der Waals surface area contributed by atoms with E-state index in [9.17, 15) is 8.78 Å². The predicted octanol–water partition coefficient (Wildman–Crippen LogP) is 2.61. The first-order chi connectivity index (χ1) is 10.5. The molecule has 22 heavy (non-hydrogen) atoms. The molecule has 0 unspecified atom stereocenters. The molecule has 0 amide bonds. The molecule has 1 spiro atoms. The Morgan fingerprint density at radius 2 is 1.91 bits per heavy atom. The quantitative estimate of drug-likeness (QED) is 0.800. The molecule has 0 saturated carbocycles. The molecule has 2 heterocycles. The van der Waals surface area contributed by atoms with E-state index >= 15 is 0 Å². The summed E-state index contributed by atoms with van der Waals surface area (Å²) >= 11 is 0. The van der Waals surface area contributed by atoms with Gasteiger partial charge in [0.05, 0.1) is 23.3 Å². The molecule has 6 heteroatoms. The van der Waals surface area contributed by atoms with Crippen LogP contribution in [0.25, 0.3) is 0 Å². The number of benzene rings is 1. The van der Waals surface area contributed by atoms with Crippen LogP contribution in [0.15, 0.2) is 12.1 Å². The molecule has 0 N–H and O–H groups in total. The molecule has 0 radical (unpaired) electrons. The zero-order valence-corrected chi connectivity index (χ0v) is 12.4. The Labute approximate surface area is 128 Å². The second kappa shape index (κ2) is 5.82. The highest BCUT2D eigenvalue weighted by Gasteiger charge is 2.42. The highest BCUT2D eigenvalue weighted by Crippen LogP contribution is 2.35. The topological polar surface area (TPSA) is 45.5 Å². The smallest absolute Gasteiger partial charge is 0.150 e. The van der Waals surface area contributed by atoms with Crippen molar-refractivity contribution in [3.8, 4) is 6.07 Å². The minimum atomic E-state index is -0.701. The van der Waals surface area contributed by atoms with E-state index in [-0.39, 0.29) is 17.4 Å². The molecule has 1 aromatic carbocycles. The largest absolute Gasteiger partial charge is 0.381 e. The summed E-state index contributed by atoms with van der Waals surface area (Å²) in [6.45, 7) is 3.95. The van der Waals surface area contributed by atoms with E-state index < -0.39 is 17.2 Å². The molecule has 4 nitrogen and oxygen atoms in total. The van der Waals surface area contributed by atoms with Crippen molar-refractivity contribution in [3.05, 3.63) is 29.3 Å². The molecular formula is C16H18F2N2O2. The maximum atomic E-state index is 14.3. The zero-order chi connectivity index (χ0) is 15.7. The second-order valence-electron chi connectivity index (χ2n) is 6.00. The maximum Gasteiger partial charge on any atom is 0.150 e. The van der Waals surface area contributed by atoms with Crippen molar-refractivity contribution >= 4 is 5.69 Å². The Bertz CT molecular complexity index is 586. The van der Waals surface area contributed by atoms with E-state index in [0.29, 0.717) is 39.1 Å². The molecule has 0 bridgehead atoms. The minimum Gasteiger partial charge on any atom is -0.381 e. The molecule has 118 valence electrons. The van der Waals surface area contributed by atoms with Crippen LogP contribution in [-0.4, -0.2) is 38.0 Å². The molecular weight excluding hydrogens is 290 g/mol. The molecule has 2 aliphatic rings. The van der Waals surface area contributed by atoms with Crippen molar-refractivity contribution in [2.45, 2.75) is 31.5 Å². The normalized spacial score (nSPS) is 24.3. The van der Waals surface area contributed by atoms with Crippen LogP contribution in [0.5, 0.6) is 0 Å². The lowest BCUT2D eigenvalue weighted by atomic mass is 9.91. The molecule has 0 aromatic heterocycles. The number of rotatable bonds is 1. The van der Waals surface area contributed by atoms with E-state index in [4.69, 9.17) is 14.7 Å². The number of nitriles is 1. The summed E-state index contributed by atoms with van der Waals surface area (Å²) in [7, 11) is 0. The van der Waals surface area contributed by atoms with Gasteiger partial charge >= 0.3 is 0 Å². The van der Waals surface area contributed by atoms with E-state index in [0.717, 1.165) is 12.1 Å². The van der Waals surface area contributed by atoms with Gasteiger partial charge < -0.3 is 14.4 Å². The molecule has 1 atom stereocenters. The van der Waals surface area contributed by atoms with Gasteiger partial charge in [0.2, 0.25) is 0 Å². The lowest BCUT2D eigenvalue weighted by Crippen LogP contribution is -2.57. The lowest BCUT2D eigenvalue weighted by Gasteiger charge is -2.48. The van der Waals surface area contributed by atoms with Crippen LogP contribution >= 0.6 is 0 Å². The summed E-state index contributed by atoms with van der Waals surface area (Å²) in [6, 6.07) is 3.92. The van der Waals surface area contributed by atoms with Gasteiger partial charge in [0.1, 0.15) is 5.69 Å². The van der Waals surface area contributed by atoms with E-state index in [2.05, 4.69) is 0 Å². The molecule has 2 aliphatic heterocycles. The summed E-state index contributed by atoms with van der Waals surface area (Å²) in [5.41, 5.74) is -0.497. The molecule has 2 fully saturated rings.